The molecule has 45 heteroatoms. The molecule has 20 rings (SSSR count). The molecule has 0 spiro atoms. The zero-order valence-electron chi connectivity index (χ0n) is 75.4. The number of nitrogens with zero attached hydrogens (tertiary/aromatic N) is 7. The summed E-state index contributed by atoms with van der Waals surface area (Å²) in [6.07, 6.45) is -16.8. The Labute approximate surface area is 826 Å². The van der Waals surface area contributed by atoms with Gasteiger partial charge in [-0.2, -0.15) is 52.7 Å². The summed E-state index contributed by atoms with van der Waals surface area (Å²) in [7, 11) is 0. The van der Waals surface area contributed by atoms with E-state index in [1.165, 1.54) is 91.2 Å². The maximum Gasteiger partial charge on any atom is 1.00 e. The van der Waals surface area contributed by atoms with Gasteiger partial charge in [-0.25, -0.2) is 9.59 Å². The van der Waals surface area contributed by atoms with E-state index >= 15 is 0 Å². The van der Waals surface area contributed by atoms with Gasteiger partial charge in [0, 0.05) is 115 Å². The first-order valence-corrected chi connectivity index (χ1v) is 43.9. The SMILES string of the molecule is FC(F)(F)c1ccccc1CBr.NN.N[C@@H]1CNC(=O)C1.N[C@H]1CC(=O)N(Cc2ccccc2C(F)(F)F)C1.O=C1C[C@H](N2C(=O)c3ccccc3C2=O)CN1.O=C1C[C@H](N2C(=O)c3ccccc3C2=O)CN1.O=C1C[C@H](N2C(=O)c3ccccc3C2=O)CN1Cc1ccccc1C(F)(F)F.O=C1C[C@H](N2C(=O)c3ccccc3C2=O)CN1Cc1ccccc1C(F)(F)F.O=C1OC(=O)c2ccccc21.[H-].[Na+]. The largest absolute Gasteiger partial charge is 1.00 e. The fourth-order valence-electron chi connectivity index (χ4n) is 16.8. The van der Waals surface area contributed by atoms with Crippen molar-refractivity contribution in [2.75, 3.05) is 39.3 Å². The van der Waals surface area contributed by atoms with E-state index in [0.29, 0.717) is 66.0 Å². The van der Waals surface area contributed by atoms with E-state index < -0.39 is 106 Å². The monoisotopic (exact) mass is 2040 g/mol. The normalized spacial score (nSPS) is 19.6. The average Bonchev–Trinajstić information content (AvgIpc) is 1.63. The van der Waals surface area contributed by atoms with Gasteiger partial charge < -0.3 is 48.3 Å². The summed E-state index contributed by atoms with van der Waals surface area (Å²) in [5.41, 5.74) is 12.0. The summed E-state index contributed by atoms with van der Waals surface area (Å²) in [5, 5.41) is 8.09. The number of carbonyl (C=O) groups excluding carboxylic acids is 16. The summed E-state index contributed by atoms with van der Waals surface area (Å²) in [5.74, 6) is 2.66. The van der Waals surface area contributed by atoms with Crippen molar-refractivity contribution in [2.24, 2.45) is 23.2 Å². The number of nitrogens with two attached hydrogens (primary N) is 4. The Balaban J connectivity index is 0.000000171. The number of fused-ring (bicyclic) bond motifs is 5. The van der Waals surface area contributed by atoms with Crippen molar-refractivity contribution in [1.29, 1.82) is 0 Å². The fraction of sp³-hybridized carbons (Fsp3) is 0.271. The molecule has 0 aliphatic carbocycles. The van der Waals surface area contributed by atoms with E-state index in [1.807, 2.05) is 0 Å². The number of hydrogen-bond donors (Lipinski definition) is 7. The van der Waals surface area contributed by atoms with E-state index in [9.17, 15) is 129 Å². The number of halogens is 13. The van der Waals surface area contributed by atoms with E-state index in [2.05, 4.69) is 48.3 Å². The summed E-state index contributed by atoms with van der Waals surface area (Å²) >= 11 is 3.00. The third-order valence-electron chi connectivity index (χ3n) is 23.4. The molecule has 0 aromatic heterocycles. The van der Waals surface area contributed by atoms with Crippen molar-refractivity contribution < 1.29 is 165 Å². The van der Waals surface area contributed by atoms with E-state index in [4.69, 9.17) is 11.5 Å². The zero-order valence-corrected chi connectivity index (χ0v) is 77.9. The Bertz CT molecular complexity index is 5950. The third kappa shape index (κ3) is 25.1. The maximum atomic E-state index is 13.2. The summed E-state index contributed by atoms with van der Waals surface area (Å²) < 4.78 is 158. The van der Waals surface area contributed by atoms with E-state index in [-0.39, 0.29) is 217 Å². The minimum Gasteiger partial charge on any atom is -1.00 e. The molecule has 11 aliphatic heterocycles. The number of benzene rings is 9. The van der Waals surface area contributed by atoms with Gasteiger partial charge in [-0.05, 0) is 107 Å². The van der Waals surface area contributed by atoms with Crippen LogP contribution in [0, 0.1) is 0 Å². The van der Waals surface area contributed by atoms with Gasteiger partial charge in [-0.3, -0.25) is 98.4 Å². The minimum atomic E-state index is -4.53. The van der Waals surface area contributed by atoms with Crippen molar-refractivity contribution in [1.82, 2.24) is 50.2 Å². The van der Waals surface area contributed by atoms with Crippen molar-refractivity contribution in [2.45, 2.75) is 124 Å². The Kier molecular flexibility index (Phi) is 35.0. The number of cyclic esters (lactones) is 2. The number of ether oxygens (including phenoxy) is 1. The molecule has 734 valence electrons. The van der Waals surface area contributed by atoms with Gasteiger partial charge in [-0.15, -0.1) is 0 Å². The Morgan fingerprint density at radius 2 is 0.518 bits per heavy atom. The number of carbonyl (C=O) groups is 16. The van der Waals surface area contributed by atoms with Crippen molar-refractivity contribution in [3.05, 3.63) is 319 Å². The number of rotatable bonds is 11. The molecule has 9 aromatic rings. The van der Waals surface area contributed by atoms with E-state index in [0.717, 1.165) is 34.1 Å². The molecule has 0 unspecified atom stereocenters. The molecule has 11 aliphatic rings. The van der Waals surface area contributed by atoms with Crippen LogP contribution < -0.4 is 68.7 Å². The second-order valence-electron chi connectivity index (χ2n) is 32.7. The Morgan fingerprint density at radius 3 is 0.738 bits per heavy atom. The molecular weight excluding hydrogens is 1950 g/mol. The summed E-state index contributed by atoms with van der Waals surface area (Å²) in [6.45, 7) is 1.19. The van der Waals surface area contributed by atoms with Crippen molar-refractivity contribution in [3.8, 4) is 0 Å². The van der Waals surface area contributed by atoms with Crippen LogP contribution in [-0.2, 0) is 83.2 Å². The molecule has 0 bridgehead atoms. The molecule has 0 saturated carbocycles. The topological polar surface area (TPSA) is 445 Å². The van der Waals surface area contributed by atoms with Gasteiger partial charge >= 0.3 is 66.2 Å². The van der Waals surface area contributed by atoms with Crippen LogP contribution >= 0.6 is 15.9 Å². The minimum absolute atomic E-state index is 0. The smallest absolute Gasteiger partial charge is 1.00 e. The first-order valence-electron chi connectivity index (χ1n) is 42.8. The number of nitrogens with one attached hydrogen (secondary N) is 3. The molecular formula is C96H86BrF12N14NaO17. The predicted octanol–water partition coefficient (Wildman–Crippen LogP) is 7.68. The number of imide groups is 4. The molecule has 11 heterocycles. The summed E-state index contributed by atoms with van der Waals surface area (Å²) in [4.78, 5) is 197. The number of hydrazine groups is 1. The average molecular weight is 2040 g/mol. The number of amides is 14. The first-order chi connectivity index (χ1) is 66.4. The maximum absolute atomic E-state index is 13.2. The molecule has 31 nitrogen and oxygen atoms in total. The van der Waals surface area contributed by atoms with Crippen LogP contribution in [-0.4, -0.2) is 204 Å². The molecule has 141 heavy (non-hydrogen) atoms. The van der Waals surface area contributed by atoms with Gasteiger partial charge in [0.25, 0.3) is 47.3 Å². The second kappa shape index (κ2) is 45.9. The molecule has 11 N–H and O–H groups in total. The van der Waals surface area contributed by atoms with Crippen LogP contribution in [0.25, 0.3) is 0 Å². The Morgan fingerprint density at radius 1 is 0.291 bits per heavy atom. The van der Waals surface area contributed by atoms with Gasteiger partial charge in [0.15, 0.2) is 0 Å². The number of likely N-dealkylation sites (tertiary alicyclic amines) is 3. The van der Waals surface area contributed by atoms with Gasteiger partial charge in [0.1, 0.15) is 0 Å². The predicted molar refractivity (Wildman–Crippen MR) is 476 cm³/mol. The van der Waals surface area contributed by atoms with E-state index in [1.54, 1.807) is 127 Å². The number of esters is 2. The molecule has 0 radical (unpaired) electrons. The fourth-order valence-corrected chi connectivity index (χ4v) is 17.3. The van der Waals surface area contributed by atoms with Crippen LogP contribution in [0.1, 0.15) is 188 Å². The molecule has 6 atom stereocenters. The number of hydrogen-bond acceptors (Lipinski definition) is 21. The Hall–Kier alpha value is -14.0. The van der Waals surface area contributed by atoms with Crippen LogP contribution in [0.2, 0.25) is 0 Å². The first kappa shape index (κ1) is 107. The van der Waals surface area contributed by atoms with Gasteiger partial charge in [0.2, 0.25) is 35.4 Å². The third-order valence-corrected chi connectivity index (χ3v) is 24.0. The van der Waals surface area contributed by atoms with Gasteiger partial charge in [-0.1, -0.05) is 149 Å². The van der Waals surface area contributed by atoms with Crippen LogP contribution in [0.3, 0.4) is 0 Å². The summed E-state index contributed by atoms with van der Waals surface area (Å²) in [6, 6.07) is 51.4. The van der Waals surface area contributed by atoms with Gasteiger partial charge in [0.05, 0.1) is 102 Å². The van der Waals surface area contributed by atoms with Crippen LogP contribution in [0.15, 0.2) is 218 Å². The quantitative estimate of drug-likeness (QED) is 0.00953. The van der Waals surface area contributed by atoms with Crippen LogP contribution in [0.5, 0.6) is 0 Å². The zero-order chi connectivity index (χ0) is 102. The van der Waals surface area contributed by atoms with Crippen LogP contribution in [0.4, 0.5) is 52.7 Å². The molecule has 6 fully saturated rings. The second-order valence-corrected chi connectivity index (χ2v) is 33.2. The molecule has 6 saturated heterocycles. The number of alkyl halides is 13. The standard InChI is InChI=1S/2C20H15F3N2O3.C12H13F3N2O.2C12H10N2O3.C8H6BrF3.C8H4O3.C4H8N2O.H4N2.Na.H/c2*21-20(22,23)16-8-4-1-5-12(16)10-24-11-13(9-17(24)26)25-18(27)14-6-2-3-7-15(14)19(25)28;13-12(14,15)10-4-2-1-3-8(10)6-17-7-9(16)5-11(17)18;2*15-10-5-7(6-13-10)14-11(16)8-3-1-2-4-9(8)12(14)17;9-5-6-3-1-2-4-7(6)8(10,11)12;9-7-5-3-1-2-4-6(5)8(10)11-7;5-3-1-4(7)6-2-3;1-2;;/h2*1-8,13H,9-11H2;1-4,9H,5-7,16H2;2*1-4,7H,5-6H2,(H,13,15);1-4H,5H2;1-4H;3H,1-2,5H2,(H,6,7);1-2H2;;/q;;;;;;;;;+1;-1/t2*13-;9-;2*7-;;;3-;;;/m00000..0.../s1. The van der Waals surface area contributed by atoms with Crippen molar-refractivity contribution in [3.63, 3.8) is 0 Å². The molecule has 9 aromatic carbocycles. The van der Waals surface area contributed by atoms with Crippen molar-refractivity contribution >= 4 is 111 Å². The molecule has 14 amide bonds.